The molecule has 0 bridgehead atoms. The number of carbonyl (C=O) groups is 1. The first-order valence-electron chi connectivity index (χ1n) is 3.23. The van der Waals surface area contributed by atoms with Crippen molar-refractivity contribution in [3.8, 4) is 0 Å². The molecule has 1 atom stereocenters. The number of piperidine rings is 1. The van der Waals surface area contributed by atoms with E-state index in [1.807, 2.05) is 0 Å². The Morgan fingerprint density at radius 2 is 2.30 bits per heavy atom. The fraction of sp³-hybridized carbons (Fsp3) is 0.833. The fourth-order valence-corrected chi connectivity index (χ4v) is 1.02. The summed E-state index contributed by atoms with van der Waals surface area (Å²) in [5.41, 5.74) is 5.07. The first-order valence-corrected chi connectivity index (χ1v) is 3.23. The van der Waals surface area contributed by atoms with E-state index in [1.54, 1.807) is 0 Å². The monoisotopic (exact) mass is 166 g/mol. The van der Waals surface area contributed by atoms with Crippen molar-refractivity contribution in [2.75, 3.05) is 13.1 Å². The Morgan fingerprint density at radius 3 is 2.60 bits per heavy atom. The molecule has 1 unspecified atom stereocenters. The van der Waals surface area contributed by atoms with Gasteiger partial charge in [0.15, 0.2) is 0 Å². The summed E-state index contributed by atoms with van der Waals surface area (Å²) in [6.45, 7) is 1.55. The molecular formula is C6H11KN2O. The van der Waals surface area contributed by atoms with Crippen molar-refractivity contribution in [1.82, 2.24) is 0 Å². The molecule has 10 heavy (non-hydrogen) atoms. The van der Waals surface area contributed by atoms with E-state index < -0.39 is 0 Å². The molecular weight excluding hydrogens is 155 g/mol. The van der Waals surface area contributed by atoms with Gasteiger partial charge in [-0.05, 0) is 6.42 Å². The molecule has 1 fully saturated rings. The molecule has 0 aromatic heterocycles. The van der Waals surface area contributed by atoms with Crippen molar-refractivity contribution < 1.29 is 56.2 Å². The van der Waals surface area contributed by atoms with Gasteiger partial charge in [-0.25, -0.2) is 0 Å². The topological polar surface area (TPSA) is 57.2 Å². The maximum atomic E-state index is 10.5. The molecule has 0 aromatic carbocycles. The Labute approximate surface area is 104 Å². The molecule has 0 saturated carbocycles. The maximum Gasteiger partial charge on any atom is 1.00 e. The molecule has 0 spiro atoms. The summed E-state index contributed by atoms with van der Waals surface area (Å²) in [5, 5.41) is 4.08. The van der Waals surface area contributed by atoms with Crippen LogP contribution < -0.4 is 57.1 Å². The van der Waals surface area contributed by atoms with Crippen molar-refractivity contribution in [3.05, 3.63) is 5.32 Å². The van der Waals surface area contributed by atoms with Crippen LogP contribution in [-0.4, -0.2) is 19.0 Å². The molecule has 1 rings (SSSR count). The summed E-state index contributed by atoms with van der Waals surface area (Å²) >= 11 is 0. The molecule has 1 amide bonds. The van der Waals surface area contributed by atoms with Gasteiger partial charge >= 0.3 is 51.4 Å². The predicted octanol–water partition coefficient (Wildman–Crippen LogP) is -2.74. The van der Waals surface area contributed by atoms with Gasteiger partial charge in [-0.1, -0.05) is 6.42 Å². The van der Waals surface area contributed by atoms with Gasteiger partial charge in [0.1, 0.15) is 0 Å². The second-order valence-electron chi connectivity index (χ2n) is 2.37. The predicted molar refractivity (Wildman–Crippen MR) is 35.0 cm³/mol. The van der Waals surface area contributed by atoms with Crippen LogP contribution >= 0.6 is 0 Å². The zero-order valence-electron chi connectivity index (χ0n) is 6.34. The van der Waals surface area contributed by atoms with Crippen molar-refractivity contribution >= 4 is 5.91 Å². The molecule has 0 aliphatic carbocycles. The Morgan fingerprint density at radius 1 is 1.60 bits per heavy atom. The van der Waals surface area contributed by atoms with Crippen LogP contribution in [-0.2, 0) is 4.79 Å². The van der Waals surface area contributed by atoms with Crippen LogP contribution in [0.4, 0.5) is 0 Å². The quantitative estimate of drug-likeness (QED) is 0.422. The SMILES string of the molecule is NC(=O)C1CCC[N-]C1.[K+]. The van der Waals surface area contributed by atoms with Crippen LogP contribution in [0.5, 0.6) is 0 Å². The van der Waals surface area contributed by atoms with Crippen LogP contribution in [0.15, 0.2) is 0 Å². The summed E-state index contributed by atoms with van der Waals surface area (Å²) < 4.78 is 0. The summed E-state index contributed by atoms with van der Waals surface area (Å²) in [6.07, 6.45) is 1.95. The number of rotatable bonds is 1. The van der Waals surface area contributed by atoms with E-state index in [9.17, 15) is 4.79 Å². The number of nitrogens with zero attached hydrogens (tertiary/aromatic N) is 1. The molecule has 1 saturated heterocycles. The summed E-state index contributed by atoms with van der Waals surface area (Å²) in [7, 11) is 0. The number of nitrogens with two attached hydrogens (primary N) is 1. The third-order valence-electron chi connectivity index (χ3n) is 1.62. The minimum atomic E-state index is -0.196. The number of hydrogen-bond donors (Lipinski definition) is 1. The van der Waals surface area contributed by atoms with Gasteiger partial charge in [0.25, 0.3) is 0 Å². The normalized spacial score (nSPS) is 25.0. The summed E-state index contributed by atoms with van der Waals surface area (Å²) in [5.74, 6) is -0.169. The van der Waals surface area contributed by atoms with Gasteiger partial charge in [-0.15, -0.1) is 13.1 Å². The van der Waals surface area contributed by atoms with Gasteiger partial charge < -0.3 is 11.1 Å². The van der Waals surface area contributed by atoms with Crippen molar-refractivity contribution in [2.45, 2.75) is 12.8 Å². The Kier molecular flexibility index (Phi) is 6.29. The van der Waals surface area contributed by atoms with Crippen LogP contribution in [0.2, 0.25) is 0 Å². The van der Waals surface area contributed by atoms with E-state index in [-0.39, 0.29) is 63.2 Å². The number of amides is 1. The minimum absolute atomic E-state index is 0. The molecule has 1 heterocycles. The molecule has 0 radical (unpaired) electrons. The van der Waals surface area contributed by atoms with E-state index in [4.69, 9.17) is 5.73 Å². The zero-order valence-corrected chi connectivity index (χ0v) is 9.46. The van der Waals surface area contributed by atoms with E-state index in [2.05, 4.69) is 5.32 Å². The van der Waals surface area contributed by atoms with E-state index in [0.29, 0.717) is 6.54 Å². The largest absolute Gasteiger partial charge is 1.00 e. The second kappa shape index (κ2) is 5.68. The van der Waals surface area contributed by atoms with Gasteiger partial charge in [0, 0.05) is 5.92 Å². The van der Waals surface area contributed by atoms with Crippen molar-refractivity contribution in [3.63, 3.8) is 0 Å². The Hall–Kier alpha value is 1.07. The van der Waals surface area contributed by atoms with Gasteiger partial charge in [0.05, 0.1) is 0 Å². The second-order valence-corrected chi connectivity index (χ2v) is 2.37. The molecule has 52 valence electrons. The van der Waals surface area contributed by atoms with Crippen LogP contribution in [0.1, 0.15) is 12.8 Å². The smallest absolute Gasteiger partial charge is 0.662 e. The standard InChI is InChI=1S/C6H11N2O.K/c7-6(9)5-2-1-3-8-4-5;/h5H,1-4H2,(H2,7,9);/q-1;+1. The Bertz CT molecular complexity index is 112. The third-order valence-corrected chi connectivity index (χ3v) is 1.62. The first kappa shape index (κ1) is 11.1. The van der Waals surface area contributed by atoms with Crippen molar-refractivity contribution in [2.24, 2.45) is 11.7 Å². The Balaban J connectivity index is 0.000000810. The van der Waals surface area contributed by atoms with E-state index in [1.165, 1.54) is 0 Å². The summed E-state index contributed by atoms with van der Waals surface area (Å²) in [4.78, 5) is 10.5. The van der Waals surface area contributed by atoms with Gasteiger partial charge in [0.2, 0.25) is 5.91 Å². The van der Waals surface area contributed by atoms with Gasteiger partial charge in [-0.3, -0.25) is 4.79 Å². The number of hydrogen-bond acceptors (Lipinski definition) is 1. The third kappa shape index (κ3) is 3.46. The number of carbonyl (C=O) groups excluding carboxylic acids is 1. The fourth-order valence-electron chi connectivity index (χ4n) is 1.02. The van der Waals surface area contributed by atoms with Crippen LogP contribution in [0.3, 0.4) is 0 Å². The zero-order chi connectivity index (χ0) is 6.69. The van der Waals surface area contributed by atoms with E-state index >= 15 is 0 Å². The molecule has 4 heteroatoms. The first-order chi connectivity index (χ1) is 4.30. The van der Waals surface area contributed by atoms with Gasteiger partial charge in [-0.2, -0.15) is 0 Å². The molecule has 3 nitrogen and oxygen atoms in total. The average Bonchev–Trinajstić information content (AvgIpc) is 1.90. The van der Waals surface area contributed by atoms with E-state index in [0.717, 1.165) is 19.4 Å². The molecule has 2 N–H and O–H groups in total. The molecule has 1 aliphatic heterocycles. The molecule has 0 aromatic rings. The maximum absolute atomic E-state index is 10.5. The van der Waals surface area contributed by atoms with Crippen molar-refractivity contribution in [1.29, 1.82) is 0 Å². The van der Waals surface area contributed by atoms with Crippen LogP contribution in [0, 0.1) is 5.92 Å². The number of primary amides is 1. The summed E-state index contributed by atoms with van der Waals surface area (Å²) in [6, 6.07) is 0. The molecule has 1 aliphatic rings. The average molecular weight is 166 g/mol. The van der Waals surface area contributed by atoms with Crippen LogP contribution in [0.25, 0.3) is 5.32 Å². The minimum Gasteiger partial charge on any atom is -0.662 e.